The summed E-state index contributed by atoms with van der Waals surface area (Å²) < 4.78 is 0. The van der Waals surface area contributed by atoms with E-state index in [0.29, 0.717) is 12.8 Å². The van der Waals surface area contributed by atoms with E-state index in [2.05, 4.69) is 20.9 Å². The van der Waals surface area contributed by atoms with Gasteiger partial charge in [-0.25, -0.2) is 4.79 Å². The molecule has 0 spiro atoms. The molecule has 0 aromatic carbocycles. The number of nitrogens with one attached hydrogen (secondary N) is 3. The fourth-order valence-electron chi connectivity index (χ4n) is 2.84. The number of hydrogen-bond donors (Lipinski definition) is 8. The van der Waals surface area contributed by atoms with E-state index in [4.69, 9.17) is 17.2 Å². The van der Waals surface area contributed by atoms with Gasteiger partial charge in [0.05, 0.1) is 12.6 Å². The third kappa shape index (κ3) is 11.0. The summed E-state index contributed by atoms with van der Waals surface area (Å²) in [7, 11) is 0. The van der Waals surface area contributed by atoms with Crippen molar-refractivity contribution in [1.82, 2.24) is 16.0 Å². The molecule has 13 heteroatoms. The quantitative estimate of drug-likeness (QED) is 0.0717. The van der Waals surface area contributed by atoms with Crippen molar-refractivity contribution in [1.29, 1.82) is 0 Å². The van der Waals surface area contributed by atoms with Crippen LogP contribution in [0.3, 0.4) is 0 Å². The van der Waals surface area contributed by atoms with Crippen molar-refractivity contribution in [2.24, 2.45) is 34.0 Å². The van der Waals surface area contributed by atoms with E-state index in [1.54, 1.807) is 27.7 Å². The summed E-state index contributed by atoms with van der Waals surface area (Å²) in [4.78, 5) is 52.9. The van der Waals surface area contributed by atoms with Gasteiger partial charge in [-0.05, 0) is 24.7 Å². The topological polar surface area (TPSA) is 235 Å². The minimum absolute atomic E-state index is 0.0763. The fraction of sp³-hybridized carbons (Fsp3) is 0.750. The highest BCUT2D eigenvalue weighted by Crippen LogP contribution is 2.10. The molecule has 0 rings (SSSR count). The molecule has 0 saturated heterocycles. The lowest BCUT2D eigenvalue weighted by molar-refractivity contribution is -0.144. The first-order valence-corrected chi connectivity index (χ1v) is 10.9. The van der Waals surface area contributed by atoms with Crippen LogP contribution in [0.15, 0.2) is 4.99 Å². The Morgan fingerprint density at radius 2 is 1.52 bits per heavy atom. The van der Waals surface area contributed by atoms with Crippen LogP contribution in [0.25, 0.3) is 0 Å². The smallest absolute Gasteiger partial charge is 0.326 e. The van der Waals surface area contributed by atoms with Gasteiger partial charge < -0.3 is 43.4 Å². The third-order valence-corrected chi connectivity index (χ3v) is 5.14. The van der Waals surface area contributed by atoms with Crippen molar-refractivity contribution in [3.05, 3.63) is 0 Å². The highest BCUT2D eigenvalue weighted by Gasteiger charge is 2.33. The van der Waals surface area contributed by atoms with E-state index in [1.807, 2.05) is 0 Å². The van der Waals surface area contributed by atoms with Gasteiger partial charge in [-0.2, -0.15) is 0 Å². The zero-order chi connectivity index (χ0) is 25.7. The second-order valence-electron chi connectivity index (χ2n) is 8.24. The SMILES string of the molecule is CCC(C)C(NC(=O)C(NC(=O)C(CO)NC(=O)C(N)CCCN=C(N)N)C(C)C)C(=O)O. The van der Waals surface area contributed by atoms with Crippen molar-refractivity contribution < 1.29 is 29.4 Å². The van der Waals surface area contributed by atoms with E-state index in [9.17, 15) is 29.4 Å². The summed E-state index contributed by atoms with van der Waals surface area (Å²) in [6.07, 6.45) is 1.20. The van der Waals surface area contributed by atoms with E-state index in [-0.39, 0.29) is 24.8 Å². The predicted octanol–water partition coefficient (Wildman–Crippen LogP) is -2.40. The number of nitrogens with zero attached hydrogens (tertiary/aromatic N) is 1. The maximum Gasteiger partial charge on any atom is 0.326 e. The summed E-state index contributed by atoms with van der Waals surface area (Å²) in [5, 5.41) is 26.2. The number of carboxylic acid groups (broad SMARTS) is 1. The molecule has 33 heavy (non-hydrogen) atoms. The van der Waals surface area contributed by atoms with Crippen molar-refractivity contribution in [2.45, 2.75) is 71.1 Å². The van der Waals surface area contributed by atoms with Crippen LogP contribution in [0.4, 0.5) is 0 Å². The molecule has 3 amide bonds. The van der Waals surface area contributed by atoms with Crippen LogP contribution in [0.5, 0.6) is 0 Å². The molecule has 0 aliphatic carbocycles. The second-order valence-corrected chi connectivity index (χ2v) is 8.24. The maximum absolute atomic E-state index is 12.7. The van der Waals surface area contributed by atoms with Gasteiger partial charge in [0, 0.05) is 6.54 Å². The highest BCUT2D eigenvalue weighted by molar-refractivity contribution is 5.94. The van der Waals surface area contributed by atoms with Crippen LogP contribution in [0.1, 0.15) is 47.0 Å². The molecule has 0 aromatic rings. The zero-order valence-corrected chi connectivity index (χ0v) is 19.7. The molecule has 0 aliphatic rings. The van der Waals surface area contributed by atoms with Crippen LogP contribution >= 0.6 is 0 Å². The van der Waals surface area contributed by atoms with Gasteiger partial charge >= 0.3 is 5.97 Å². The lowest BCUT2D eigenvalue weighted by Gasteiger charge is -2.27. The molecule has 5 atom stereocenters. The van der Waals surface area contributed by atoms with E-state index in [0.717, 1.165) is 0 Å². The summed E-state index contributed by atoms with van der Waals surface area (Å²) in [5.41, 5.74) is 16.2. The number of aliphatic hydroxyl groups excluding tert-OH is 1. The average Bonchev–Trinajstić information content (AvgIpc) is 2.74. The maximum atomic E-state index is 12.7. The molecular weight excluding hydrogens is 434 g/mol. The van der Waals surface area contributed by atoms with E-state index in [1.165, 1.54) is 0 Å². The normalized spacial score (nSPS) is 15.5. The molecule has 0 radical (unpaired) electrons. The van der Waals surface area contributed by atoms with Gasteiger partial charge in [0.1, 0.15) is 18.1 Å². The number of carbonyl (C=O) groups excluding carboxylic acids is 3. The Labute approximate surface area is 193 Å². The molecule has 0 bridgehead atoms. The lowest BCUT2D eigenvalue weighted by atomic mass is 9.97. The number of carboxylic acids is 1. The minimum atomic E-state index is -1.35. The predicted molar refractivity (Wildman–Crippen MR) is 123 cm³/mol. The number of guanidine groups is 1. The third-order valence-electron chi connectivity index (χ3n) is 5.14. The average molecular weight is 474 g/mol. The van der Waals surface area contributed by atoms with Gasteiger partial charge in [0.2, 0.25) is 17.7 Å². The zero-order valence-electron chi connectivity index (χ0n) is 19.7. The Kier molecular flexibility index (Phi) is 13.7. The summed E-state index contributed by atoms with van der Waals surface area (Å²) in [6.45, 7) is 6.39. The molecule has 5 unspecified atom stereocenters. The van der Waals surface area contributed by atoms with Crippen molar-refractivity contribution >= 4 is 29.7 Å². The molecule has 0 saturated carbocycles. The molecule has 190 valence electrons. The summed E-state index contributed by atoms with van der Waals surface area (Å²) in [5.74, 6) is -4.12. The van der Waals surface area contributed by atoms with E-state index >= 15 is 0 Å². The second kappa shape index (κ2) is 15.0. The van der Waals surface area contributed by atoms with Crippen LogP contribution in [0.2, 0.25) is 0 Å². The number of amides is 3. The van der Waals surface area contributed by atoms with Crippen LogP contribution in [-0.2, 0) is 19.2 Å². The number of aliphatic hydroxyl groups is 1. The Bertz CT molecular complexity index is 696. The fourth-order valence-corrected chi connectivity index (χ4v) is 2.84. The number of hydrogen-bond acceptors (Lipinski definition) is 7. The molecule has 13 nitrogen and oxygen atoms in total. The number of aliphatic imine (C=N–C) groups is 1. The van der Waals surface area contributed by atoms with Crippen molar-refractivity contribution in [2.75, 3.05) is 13.2 Å². The number of rotatable bonds is 15. The van der Waals surface area contributed by atoms with E-state index < -0.39 is 60.4 Å². The molecule has 11 N–H and O–H groups in total. The highest BCUT2D eigenvalue weighted by atomic mass is 16.4. The summed E-state index contributed by atoms with van der Waals surface area (Å²) in [6, 6.07) is -4.51. The largest absolute Gasteiger partial charge is 0.480 e. The van der Waals surface area contributed by atoms with Crippen molar-refractivity contribution in [3.63, 3.8) is 0 Å². The number of carbonyl (C=O) groups is 4. The van der Waals surface area contributed by atoms with Crippen LogP contribution in [-0.4, -0.2) is 77.2 Å². The monoisotopic (exact) mass is 473 g/mol. The van der Waals surface area contributed by atoms with Crippen LogP contribution < -0.4 is 33.2 Å². The lowest BCUT2D eigenvalue weighted by Crippen LogP contribution is -2.59. The van der Waals surface area contributed by atoms with Gasteiger partial charge in [-0.3, -0.25) is 19.4 Å². The molecule has 0 aliphatic heterocycles. The van der Waals surface area contributed by atoms with Gasteiger partial charge in [-0.1, -0.05) is 34.1 Å². The first-order valence-electron chi connectivity index (χ1n) is 10.9. The minimum Gasteiger partial charge on any atom is -0.480 e. The molecule has 0 heterocycles. The van der Waals surface area contributed by atoms with Crippen molar-refractivity contribution in [3.8, 4) is 0 Å². The van der Waals surface area contributed by atoms with Crippen LogP contribution in [0, 0.1) is 11.8 Å². The Morgan fingerprint density at radius 3 is 1.97 bits per heavy atom. The molecule has 0 fully saturated rings. The Balaban J connectivity index is 5.09. The first kappa shape index (κ1) is 30.1. The van der Waals surface area contributed by atoms with Gasteiger partial charge in [0.25, 0.3) is 0 Å². The standard InChI is InChI=1S/C20H39N7O6/c1-5-11(4)15(19(32)33)27-18(31)14(10(2)3)26-17(30)13(9-28)25-16(29)12(21)7-6-8-24-20(22)23/h10-15,28H,5-9,21H2,1-4H3,(H,25,29)(H,26,30)(H,27,31)(H,32,33)(H4,22,23,24). The molecular formula is C20H39N7O6. The number of nitrogens with two attached hydrogens (primary N) is 3. The summed E-state index contributed by atoms with van der Waals surface area (Å²) >= 11 is 0. The molecule has 0 aromatic heterocycles. The first-order chi connectivity index (χ1) is 15.3. The Hall–Kier alpha value is -2.93. The van der Waals surface area contributed by atoms with Gasteiger partial charge in [-0.15, -0.1) is 0 Å². The number of aliphatic carboxylic acids is 1. The Morgan fingerprint density at radius 1 is 0.939 bits per heavy atom. The van der Waals surface area contributed by atoms with Gasteiger partial charge in [0.15, 0.2) is 5.96 Å².